The van der Waals surface area contributed by atoms with Gasteiger partial charge < -0.3 is 10.2 Å². The highest BCUT2D eigenvalue weighted by molar-refractivity contribution is 5.48. The third kappa shape index (κ3) is 1.06. The zero-order chi connectivity index (χ0) is 10.7. The van der Waals surface area contributed by atoms with Crippen molar-refractivity contribution >= 4 is 0 Å². The molecule has 1 aromatic carbocycles. The summed E-state index contributed by atoms with van der Waals surface area (Å²) in [5, 5.41) is 19.7. The van der Waals surface area contributed by atoms with Gasteiger partial charge in [0.15, 0.2) is 0 Å². The molecule has 4 atom stereocenters. The van der Waals surface area contributed by atoms with Crippen LogP contribution in [0.15, 0.2) is 12.1 Å². The van der Waals surface area contributed by atoms with Crippen LogP contribution in [0.4, 0.5) is 0 Å². The molecule has 0 spiro atoms. The smallest absolute Gasteiger partial charge is 0.0873 e. The molecule has 2 nitrogen and oxygen atoms in total. The Morgan fingerprint density at radius 3 is 1.73 bits per heavy atom. The standard InChI is InChI=1S/C13H16O2/c1-6-3-8-9(4-7(6)2)11-5-10(8)12(14)13(11)15/h3-4,10-15H,5H2,1-2H3. The maximum absolute atomic E-state index is 9.84. The van der Waals surface area contributed by atoms with E-state index in [1.807, 2.05) is 0 Å². The van der Waals surface area contributed by atoms with E-state index >= 15 is 0 Å². The average molecular weight is 204 g/mol. The molecule has 4 unspecified atom stereocenters. The van der Waals surface area contributed by atoms with Gasteiger partial charge in [-0.05, 0) is 42.5 Å². The average Bonchev–Trinajstić information content (AvgIpc) is 2.67. The molecule has 0 aromatic heterocycles. The van der Waals surface area contributed by atoms with Gasteiger partial charge in [-0.3, -0.25) is 0 Å². The number of benzene rings is 1. The summed E-state index contributed by atoms with van der Waals surface area (Å²) < 4.78 is 0. The Bertz CT molecular complexity index is 386. The lowest BCUT2D eigenvalue weighted by molar-refractivity contribution is 0.0216. The van der Waals surface area contributed by atoms with E-state index in [9.17, 15) is 10.2 Å². The van der Waals surface area contributed by atoms with Gasteiger partial charge in [-0.15, -0.1) is 0 Å². The van der Waals surface area contributed by atoms with E-state index in [-0.39, 0.29) is 11.8 Å². The molecule has 2 bridgehead atoms. The second-order valence-electron chi connectivity index (χ2n) is 5.00. The lowest BCUT2D eigenvalue weighted by Gasteiger charge is -2.26. The molecule has 2 aliphatic carbocycles. The van der Waals surface area contributed by atoms with Crippen LogP contribution in [0.5, 0.6) is 0 Å². The fourth-order valence-corrected chi connectivity index (χ4v) is 3.15. The highest BCUT2D eigenvalue weighted by Gasteiger charge is 2.49. The van der Waals surface area contributed by atoms with Crippen LogP contribution in [-0.4, -0.2) is 22.4 Å². The second kappa shape index (κ2) is 2.83. The molecule has 0 aliphatic heterocycles. The van der Waals surface area contributed by atoms with Crippen LogP contribution in [0.3, 0.4) is 0 Å². The topological polar surface area (TPSA) is 40.5 Å². The van der Waals surface area contributed by atoms with Crippen molar-refractivity contribution < 1.29 is 10.2 Å². The zero-order valence-electron chi connectivity index (χ0n) is 9.07. The Hall–Kier alpha value is -0.860. The number of rotatable bonds is 0. The third-order valence-corrected chi connectivity index (χ3v) is 4.18. The highest BCUT2D eigenvalue weighted by atomic mass is 16.3. The van der Waals surface area contributed by atoms with Crippen LogP contribution >= 0.6 is 0 Å². The quantitative estimate of drug-likeness (QED) is 0.674. The van der Waals surface area contributed by atoms with Crippen LogP contribution in [0.1, 0.15) is 40.5 Å². The van der Waals surface area contributed by atoms with Gasteiger partial charge in [-0.2, -0.15) is 0 Å². The molecule has 80 valence electrons. The number of hydrogen-bond acceptors (Lipinski definition) is 2. The number of aliphatic hydroxyl groups excluding tert-OH is 2. The van der Waals surface area contributed by atoms with Gasteiger partial charge >= 0.3 is 0 Å². The Morgan fingerprint density at radius 2 is 1.33 bits per heavy atom. The summed E-state index contributed by atoms with van der Waals surface area (Å²) in [6, 6.07) is 4.37. The van der Waals surface area contributed by atoms with E-state index in [2.05, 4.69) is 26.0 Å². The Morgan fingerprint density at radius 1 is 0.933 bits per heavy atom. The van der Waals surface area contributed by atoms with E-state index in [1.165, 1.54) is 22.3 Å². The van der Waals surface area contributed by atoms with E-state index in [1.54, 1.807) is 0 Å². The Kier molecular flexibility index (Phi) is 1.77. The van der Waals surface area contributed by atoms with Gasteiger partial charge in [0.1, 0.15) is 0 Å². The molecule has 1 saturated carbocycles. The summed E-state index contributed by atoms with van der Waals surface area (Å²) in [6.45, 7) is 4.20. The van der Waals surface area contributed by atoms with Gasteiger partial charge in [0, 0.05) is 11.8 Å². The minimum absolute atomic E-state index is 0.166. The third-order valence-electron chi connectivity index (χ3n) is 4.18. The van der Waals surface area contributed by atoms with E-state index in [4.69, 9.17) is 0 Å². The molecule has 3 rings (SSSR count). The largest absolute Gasteiger partial charge is 0.390 e. The Balaban J connectivity index is 2.17. The predicted molar refractivity (Wildman–Crippen MR) is 58.0 cm³/mol. The summed E-state index contributed by atoms with van der Waals surface area (Å²) in [6.07, 6.45) is -0.185. The number of aryl methyl sites for hydroxylation is 2. The maximum Gasteiger partial charge on any atom is 0.0873 e. The summed E-state index contributed by atoms with van der Waals surface area (Å²) >= 11 is 0. The summed E-state index contributed by atoms with van der Waals surface area (Å²) in [5.74, 6) is 0.332. The SMILES string of the molecule is Cc1cc2c(cc1C)C1CC2C(O)C1O. The van der Waals surface area contributed by atoms with Crippen LogP contribution in [0, 0.1) is 13.8 Å². The van der Waals surface area contributed by atoms with E-state index in [0.29, 0.717) is 0 Å². The molecular weight excluding hydrogens is 188 g/mol. The van der Waals surface area contributed by atoms with Gasteiger partial charge in [0.2, 0.25) is 0 Å². The van der Waals surface area contributed by atoms with Gasteiger partial charge in [0.25, 0.3) is 0 Å². The zero-order valence-corrected chi connectivity index (χ0v) is 9.07. The van der Waals surface area contributed by atoms with Crippen molar-refractivity contribution in [3.63, 3.8) is 0 Å². The molecule has 1 aromatic rings. The highest BCUT2D eigenvalue weighted by Crippen LogP contribution is 2.53. The monoisotopic (exact) mass is 204 g/mol. The van der Waals surface area contributed by atoms with Crippen molar-refractivity contribution in [3.8, 4) is 0 Å². The molecule has 0 amide bonds. The van der Waals surface area contributed by atoms with Crippen molar-refractivity contribution in [1.82, 2.24) is 0 Å². The molecule has 1 fully saturated rings. The van der Waals surface area contributed by atoms with Gasteiger partial charge in [-0.25, -0.2) is 0 Å². The molecule has 0 saturated heterocycles. The lowest BCUT2D eigenvalue weighted by Crippen LogP contribution is -2.31. The first kappa shape index (κ1) is 9.37. The molecule has 2 heteroatoms. The van der Waals surface area contributed by atoms with Crippen molar-refractivity contribution in [1.29, 1.82) is 0 Å². The van der Waals surface area contributed by atoms with Crippen LogP contribution < -0.4 is 0 Å². The molecule has 2 aliphatic rings. The first-order chi connectivity index (χ1) is 7.09. The summed E-state index contributed by atoms with van der Waals surface area (Å²) in [5.41, 5.74) is 5.09. The number of fused-ring (bicyclic) bond motifs is 5. The molecule has 2 N–H and O–H groups in total. The fourth-order valence-electron chi connectivity index (χ4n) is 3.15. The number of aliphatic hydroxyl groups is 2. The summed E-state index contributed by atoms with van der Waals surface area (Å²) in [4.78, 5) is 0. The minimum atomic E-state index is -0.551. The fraction of sp³-hybridized carbons (Fsp3) is 0.538. The second-order valence-corrected chi connectivity index (χ2v) is 5.00. The Labute approximate surface area is 89.6 Å². The van der Waals surface area contributed by atoms with Crippen LogP contribution in [0.2, 0.25) is 0 Å². The van der Waals surface area contributed by atoms with Crippen LogP contribution in [0.25, 0.3) is 0 Å². The van der Waals surface area contributed by atoms with Crippen LogP contribution in [-0.2, 0) is 0 Å². The van der Waals surface area contributed by atoms with Crippen molar-refractivity contribution in [2.75, 3.05) is 0 Å². The summed E-state index contributed by atoms with van der Waals surface area (Å²) in [7, 11) is 0. The van der Waals surface area contributed by atoms with Gasteiger partial charge in [0.05, 0.1) is 12.2 Å². The lowest BCUT2D eigenvalue weighted by atomic mass is 9.85. The first-order valence-electron chi connectivity index (χ1n) is 5.56. The maximum atomic E-state index is 9.84. The van der Waals surface area contributed by atoms with Crippen molar-refractivity contribution in [2.24, 2.45) is 0 Å². The normalized spacial score (nSPS) is 37.1. The van der Waals surface area contributed by atoms with Crippen molar-refractivity contribution in [3.05, 3.63) is 34.4 Å². The molecular formula is C13H16O2. The molecule has 0 heterocycles. The first-order valence-corrected chi connectivity index (χ1v) is 5.56. The van der Waals surface area contributed by atoms with E-state index < -0.39 is 12.2 Å². The molecule has 15 heavy (non-hydrogen) atoms. The number of hydrogen-bond donors (Lipinski definition) is 2. The predicted octanol–water partition coefficient (Wildman–Crippen LogP) is 1.61. The van der Waals surface area contributed by atoms with E-state index in [0.717, 1.165) is 6.42 Å². The molecule has 0 radical (unpaired) electrons. The van der Waals surface area contributed by atoms with Crippen molar-refractivity contribution in [2.45, 2.75) is 44.3 Å². The van der Waals surface area contributed by atoms with Gasteiger partial charge in [-0.1, -0.05) is 12.1 Å². The minimum Gasteiger partial charge on any atom is -0.390 e.